The van der Waals surface area contributed by atoms with Crippen molar-refractivity contribution < 1.29 is 14.3 Å². The lowest BCUT2D eigenvalue weighted by atomic mass is 10.1. The van der Waals surface area contributed by atoms with Crippen LogP contribution in [0.1, 0.15) is 21.6 Å². The SMILES string of the molecule is Cc1ccc2c(c1)c(-n1c(=O)[nH]c3cscc3c1=O)c(C(=O)O)n2Cc1cccc(F)c1. The summed E-state index contributed by atoms with van der Waals surface area (Å²) < 4.78 is 16.1. The molecular formula is C23H16FN3O4S. The third-order valence-corrected chi connectivity index (χ3v) is 6.13. The summed E-state index contributed by atoms with van der Waals surface area (Å²) in [6.45, 7) is 1.88. The highest BCUT2D eigenvalue weighted by Crippen LogP contribution is 2.31. The maximum atomic E-state index is 13.8. The number of aromatic carboxylic acids is 1. The van der Waals surface area contributed by atoms with E-state index in [0.29, 0.717) is 27.4 Å². The second-order valence-electron chi connectivity index (χ2n) is 7.51. The summed E-state index contributed by atoms with van der Waals surface area (Å²) >= 11 is 1.26. The van der Waals surface area contributed by atoms with Crippen molar-refractivity contribution in [3.8, 4) is 5.69 Å². The summed E-state index contributed by atoms with van der Waals surface area (Å²) in [4.78, 5) is 41.3. The number of carbonyl (C=O) groups is 1. The number of nitrogens with one attached hydrogen (secondary N) is 1. The summed E-state index contributed by atoms with van der Waals surface area (Å²) in [6, 6.07) is 11.1. The van der Waals surface area contributed by atoms with Crippen molar-refractivity contribution in [2.75, 3.05) is 0 Å². The molecule has 5 rings (SSSR count). The first kappa shape index (κ1) is 20.0. The Hall–Kier alpha value is -3.98. The molecule has 2 aromatic carbocycles. The molecule has 0 amide bonds. The van der Waals surface area contributed by atoms with E-state index < -0.39 is 23.0 Å². The smallest absolute Gasteiger partial charge is 0.354 e. The van der Waals surface area contributed by atoms with E-state index in [-0.39, 0.29) is 17.9 Å². The van der Waals surface area contributed by atoms with Crippen molar-refractivity contribution in [3.63, 3.8) is 0 Å². The molecule has 0 aliphatic carbocycles. The monoisotopic (exact) mass is 449 g/mol. The highest BCUT2D eigenvalue weighted by Gasteiger charge is 2.27. The molecule has 0 unspecified atom stereocenters. The molecular weight excluding hydrogens is 433 g/mol. The molecule has 0 bridgehead atoms. The van der Waals surface area contributed by atoms with Gasteiger partial charge in [0, 0.05) is 22.7 Å². The molecule has 0 spiro atoms. The van der Waals surface area contributed by atoms with Gasteiger partial charge in [-0.1, -0.05) is 23.8 Å². The maximum absolute atomic E-state index is 13.8. The number of aryl methyl sites for hydroxylation is 1. The summed E-state index contributed by atoms with van der Waals surface area (Å²) in [5.74, 6) is -1.75. The summed E-state index contributed by atoms with van der Waals surface area (Å²) in [5, 5.41) is 14.2. The van der Waals surface area contributed by atoms with Crippen LogP contribution < -0.4 is 11.2 Å². The van der Waals surface area contributed by atoms with Crippen LogP contribution in [0.15, 0.2) is 62.8 Å². The molecule has 3 aromatic heterocycles. The topological polar surface area (TPSA) is 97.1 Å². The van der Waals surface area contributed by atoms with E-state index in [2.05, 4.69) is 4.98 Å². The summed E-state index contributed by atoms with van der Waals surface area (Å²) in [5.41, 5.74) is 0.741. The number of thiophene rings is 1. The predicted octanol–water partition coefficient (Wildman–Crippen LogP) is 3.89. The molecule has 0 fully saturated rings. The molecule has 160 valence electrons. The lowest BCUT2D eigenvalue weighted by molar-refractivity contribution is 0.0686. The van der Waals surface area contributed by atoms with Crippen LogP contribution in [0.4, 0.5) is 4.39 Å². The van der Waals surface area contributed by atoms with Crippen molar-refractivity contribution in [1.82, 2.24) is 14.1 Å². The van der Waals surface area contributed by atoms with E-state index in [1.165, 1.54) is 28.0 Å². The zero-order valence-electron chi connectivity index (χ0n) is 16.8. The lowest BCUT2D eigenvalue weighted by Crippen LogP contribution is -2.34. The zero-order valence-corrected chi connectivity index (χ0v) is 17.6. The van der Waals surface area contributed by atoms with Crippen molar-refractivity contribution in [3.05, 3.63) is 96.7 Å². The van der Waals surface area contributed by atoms with Gasteiger partial charge >= 0.3 is 11.7 Å². The van der Waals surface area contributed by atoms with Crippen LogP contribution in [0.2, 0.25) is 0 Å². The maximum Gasteiger partial charge on any atom is 0.354 e. The minimum Gasteiger partial charge on any atom is -0.477 e. The Labute approximate surface area is 183 Å². The molecule has 0 aliphatic heterocycles. The van der Waals surface area contributed by atoms with Gasteiger partial charge in [-0.3, -0.25) is 4.79 Å². The zero-order chi connectivity index (χ0) is 22.6. The first-order valence-corrected chi connectivity index (χ1v) is 10.6. The highest BCUT2D eigenvalue weighted by molar-refractivity contribution is 7.09. The van der Waals surface area contributed by atoms with E-state index in [1.807, 2.05) is 13.0 Å². The van der Waals surface area contributed by atoms with Crippen molar-refractivity contribution in [2.45, 2.75) is 13.5 Å². The van der Waals surface area contributed by atoms with Crippen molar-refractivity contribution in [1.29, 1.82) is 0 Å². The summed E-state index contributed by atoms with van der Waals surface area (Å²) in [7, 11) is 0. The van der Waals surface area contributed by atoms with Crippen LogP contribution in [0.3, 0.4) is 0 Å². The number of carboxylic acid groups (broad SMARTS) is 1. The molecule has 0 saturated heterocycles. The average molecular weight is 449 g/mol. The third kappa shape index (κ3) is 3.05. The second-order valence-corrected chi connectivity index (χ2v) is 8.25. The Morgan fingerprint density at radius 1 is 1.12 bits per heavy atom. The van der Waals surface area contributed by atoms with E-state index >= 15 is 0 Å². The molecule has 0 atom stereocenters. The third-order valence-electron chi connectivity index (χ3n) is 5.39. The Balaban J connectivity index is 1.91. The fourth-order valence-corrected chi connectivity index (χ4v) is 4.78. The van der Waals surface area contributed by atoms with Crippen molar-refractivity contribution >= 4 is 39.1 Å². The van der Waals surface area contributed by atoms with Crippen LogP contribution in [0.5, 0.6) is 0 Å². The number of hydrogen-bond donors (Lipinski definition) is 2. The Bertz CT molecular complexity index is 1660. The lowest BCUT2D eigenvalue weighted by Gasteiger charge is -2.10. The number of halogens is 1. The molecule has 2 N–H and O–H groups in total. The van der Waals surface area contributed by atoms with Gasteiger partial charge in [0.15, 0.2) is 5.69 Å². The normalized spacial score (nSPS) is 11.4. The Morgan fingerprint density at radius 3 is 2.69 bits per heavy atom. The number of aromatic amines is 1. The van der Waals surface area contributed by atoms with Gasteiger partial charge in [-0.05, 0) is 36.8 Å². The van der Waals surface area contributed by atoms with Crippen molar-refractivity contribution in [2.24, 2.45) is 0 Å². The van der Waals surface area contributed by atoms with Gasteiger partial charge in [0.25, 0.3) is 5.56 Å². The average Bonchev–Trinajstić information content (AvgIpc) is 3.31. The number of H-pyrrole nitrogens is 1. The van der Waals surface area contributed by atoms with Gasteiger partial charge in [0.05, 0.1) is 22.1 Å². The molecule has 7 nitrogen and oxygen atoms in total. The Morgan fingerprint density at radius 2 is 1.94 bits per heavy atom. The van der Waals surface area contributed by atoms with Gasteiger partial charge in [-0.15, -0.1) is 11.3 Å². The first-order chi connectivity index (χ1) is 15.3. The van der Waals surface area contributed by atoms with Crippen LogP contribution in [0, 0.1) is 12.7 Å². The minimum atomic E-state index is -1.30. The molecule has 0 aliphatic rings. The number of hydrogen-bond acceptors (Lipinski definition) is 4. The standard InChI is InChI=1S/C23H16FN3O4S/c1-12-5-6-18-15(7-12)19(27-21(28)16-10-32-11-17(16)25-23(27)31)20(22(29)30)26(18)9-13-3-2-4-14(24)8-13/h2-8,10-11H,9H2,1H3,(H,25,31)(H,29,30). The van der Waals surface area contributed by atoms with Crippen LogP contribution >= 0.6 is 11.3 Å². The van der Waals surface area contributed by atoms with Crippen LogP contribution in [0.25, 0.3) is 27.5 Å². The van der Waals surface area contributed by atoms with E-state index in [1.54, 1.807) is 35.0 Å². The quantitative estimate of drug-likeness (QED) is 0.435. The number of rotatable bonds is 4. The molecule has 3 heterocycles. The number of nitrogens with zero attached hydrogens (tertiary/aromatic N) is 2. The first-order valence-electron chi connectivity index (χ1n) is 9.67. The van der Waals surface area contributed by atoms with Gasteiger partial charge in [0.1, 0.15) is 5.82 Å². The van der Waals surface area contributed by atoms with Gasteiger partial charge in [0.2, 0.25) is 0 Å². The van der Waals surface area contributed by atoms with Crippen LogP contribution in [-0.4, -0.2) is 25.2 Å². The minimum absolute atomic E-state index is 0.00745. The molecule has 9 heteroatoms. The molecule has 5 aromatic rings. The number of carboxylic acids is 1. The summed E-state index contributed by atoms with van der Waals surface area (Å²) in [6.07, 6.45) is 0. The Kier molecular flexibility index (Phi) is 4.56. The second kappa shape index (κ2) is 7.31. The fraction of sp³-hybridized carbons (Fsp3) is 0.0870. The van der Waals surface area contributed by atoms with Gasteiger partial charge in [-0.25, -0.2) is 18.5 Å². The van der Waals surface area contributed by atoms with Gasteiger partial charge < -0.3 is 14.7 Å². The van der Waals surface area contributed by atoms with E-state index in [0.717, 1.165) is 10.1 Å². The van der Waals surface area contributed by atoms with E-state index in [4.69, 9.17) is 0 Å². The molecule has 32 heavy (non-hydrogen) atoms. The van der Waals surface area contributed by atoms with E-state index in [9.17, 15) is 23.9 Å². The fourth-order valence-electron chi connectivity index (χ4n) is 4.02. The number of fused-ring (bicyclic) bond motifs is 2. The molecule has 0 saturated carbocycles. The van der Waals surface area contributed by atoms with Gasteiger partial charge in [-0.2, -0.15) is 0 Å². The highest BCUT2D eigenvalue weighted by atomic mass is 32.1. The number of benzene rings is 2. The number of aromatic nitrogens is 3. The predicted molar refractivity (Wildman–Crippen MR) is 121 cm³/mol. The molecule has 0 radical (unpaired) electrons. The largest absolute Gasteiger partial charge is 0.477 e. The van der Waals surface area contributed by atoms with Crippen LogP contribution in [-0.2, 0) is 6.54 Å².